The summed E-state index contributed by atoms with van der Waals surface area (Å²) in [5.41, 5.74) is 2.18. The SMILES string of the molecule is CC(=O)N1CC(=O)Nc2ccc(Br)cc2C1c1ccc(F)cc1. The fourth-order valence-corrected chi connectivity index (χ4v) is 3.15. The van der Waals surface area contributed by atoms with Gasteiger partial charge in [0.25, 0.3) is 0 Å². The van der Waals surface area contributed by atoms with Crippen LogP contribution in [0.4, 0.5) is 10.1 Å². The van der Waals surface area contributed by atoms with Gasteiger partial charge in [-0.05, 0) is 35.9 Å². The maximum absolute atomic E-state index is 13.3. The summed E-state index contributed by atoms with van der Waals surface area (Å²) in [7, 11) is 0. The minimum absolute atomic E-state index is 0.0519. The molecule has 0 saturated carbocycles. The van der Waals surface area contributed by atoms with Gasteiger partial charge in [0, 0.05) is 22.6 Å². The molecule has 2 aromatic carbocycles. The Balaban J connectivity index is 2.21. The van der Waals surface area contributed by atoms with Crippen molar-refractivity contribution in [3.05, 3.63) is 63.9 Å². The Kier molecular flexibility index (Phi) is 4.17. The number of benzene rings is 2. The molecular formula is C17H14BrFN2O2. The first-order valence-corrected chi connectivity index (χ1v) is 7.87. The molecule has 4 nitrogen and oxygen atoms in total. The van der Waals surface area contributed by atoms with E-state index in [1.54, 1.807) is 18.2 Å². The van der Waals surface area contributed by atoms with Gasteiger partial charge in [-0.25, -0.2) is 4.39 Å². The highest BCUT2D eigenvalue weighted by Crippen LogP contribution is 2.37. The predicted molar refractivity (Wildman–Crippen MR) is 88.4 cm³/mol. The zero-order chi connectivity index (χ0) is 16.6. The number of rotatable bonds is 1. The molecular weight excluding hydrogens is 363 g/mol. The fourth-order valence-electron chi connectivity index (χ4n) is 2.77. The summed E-state index contributed by atoms with van der Waals surface area (Å²) >= 11 is 3.42. The second-order valence-corrected chi connectivity index (χ2v) is 6.30. The molecule has 0 aromatic heterocycles. The summed E-state index contributed by atoms with van der Waals surface area (Å²) in [6.07, 6.45) is 0. The number of anilines is 1. The summed E-state index contributed by atoms with van der Waals surface area (Å²) < 4.78 is 14.1. The van der Waals surface area contributed by atoms with Crippen LogP contribution in [0.3, 0.4) is 0 Å². The van der Waals surface area contributed by atoms with Crippen molar-refractivity contribution in [2.75, 3.05) is 11.9 Å². The van der Waals surface area contributed by atoms with Crippen molar-refractivity contribution in [1.29, 1.82) is 0 Å². The molecule has 6 heteroatoms. The number of nitrogens with one attached hydrogen (secondary N) is 1. The van der Waals surface area contributed by atoms with Crippen molar-refractivity contribution in [3.63, 3.8) is 0 Å². The van der Waals surface area contributed by atoms with Crippen LogP contribution in [0.1, 0.15) is 24.1 Å². The highest BCUT2D eigenvalue weighted by Gasteiger charge is 2.31. The first-order chi connectivity index (χ1) is 11.0. The maximum atomic E-state index is 13.3. The van der Waals surface area contributed by atoms with Crippen LogP contribution in [-0.2, 0) is 9.59 Å². The Labute approximate surface area is 141 Å². The van der Waals surface area contributed by atoms with Gasteiger partial charge in [0.05, 0.1) is 6.04 Å². The van der Waals surface area contributed by atoms with Gasteiger partial charge < -0.3 is 10.2 Å². The Hall–Kier alpha value is -2.21. The molecule has 1 aliphatic heterocycles. The molecule has 1 heterocycles. The normalized spacial score (nSPS) is 17.3. The minimum Gasteiger partial charge on any atom is -0.324 e. The lowest BCUT2D eigenvalue weighted by atomic mass is 9.96. The maximum Gasteiger partial charge on any atom is 0.244 e. The standard InChI is InChI=1S/C17H14BrFN2O2/c1-10(22)21-9-16(23)20-15-7-4-12(18)8-14(15)17(21)11-2-5-13(19)6-3-11/h2-8,17H,9H2,1H3,(H,20,23). The van der Waals surface area contributed by atoms with E-state index < -0.39 is 6.04 Å². The third kappa shape index (κ3) is 3.12. The third-order valence-corrected chi connectivity index (χ3v) is 4.29. The van der Waals surface area contributed by atoms with Crippen molar-refractivity contribution in [3.8, 4) is 0 Å². The number of hydrogen-bond acceptors (Lipinski definition) is 2. The van der Waals surface area contributed by atoms with Crippen LogP contribution in [0.15, 0.2) is 46.9 Å². The van der Waals surface area contributed by atoms with Gasteiger partial charge in [0.15, 0.2) is 0 Å². The van der Waals surface area contributed by atoms with Crippen LogP contribution < -0.4 is 5.32 Å². The number of fused-ring (bicyclic) bond motifs is 1. The largest absolute Gasteiger partial charge is 0.324 e. The molecule has 1 atom stereocenters. The van der Waals surface area contributed by atoms with E-state index in [0.29, 0.717) is 5.69 Å². The van der Waals surface area contributed by atoms with Crippen LogP contribution in [-0.4, -0.2) is 23.3 Å². The van der Waals surface area contributed by atoms with Gasteiger partial charge in [-0.2, -0.15) is 0 Å². The first kappa shape index (κ1) is 15.7. The average Bonchev–Trinajstić information content (AvgIpc) is 2.64. The number of hydrogen-bond donors (Lipinski definition) is 1. The van der Waals surface area contributed by atoms with Gasteiger partial charge in [-0.1, -0.05) is 28.1 Å². The number of carbonyl (C=O) groups is 2. The molecule has 0 fully saturated rings. The van der Waals surface area contributed by atoms with Crippen molar-refractivity contribution in [2.45, 2.75) is 13.0 Å². The molecule has 118 valence electrons. The minimum atomic E-state index is -0.459. The van der Waals surface area contributed by atoms with E-state index >= 15 is 0 Å². The molecule has 0 radical (unpaired) electrons. The highest BCUT2D eigenvalue weighted by molar-refractivity contribution is 9.10. The monoisotopic (exact) mass is 376 g/mol. The van der Waals surface area contributed by atoms with Gasteiger partial charge in [0.1, 0.15) is 12.4 Å². The quantitative estimate of drug-likeness (QED) is 0.828. The molecule has 0 aliphatic carbocycles. The lowest BCUT2D eigenvalue weighted by Gasteiger charge is -2.29. The van der Waals surface area contributed by atoms with Crippen molar-refractivity contribution >= 4 is 33.4 Å². The van der Waals surface area contributed by atoms with E-state index in [1.165, 1.54) is 24.0 Å². The van der Waals surface area contributed by atoms with Crippen molar-refractivity contribution < 1.29 is 14.0 Å². The average molecular weight is 377 g/mol. The van der Waals surface area contributed by atoms with Crippen LogP contribution in [0, 0.1) is 5.82 Å². The summed E-state index contributed by atoms with van der Waals surface area (Å²) in [5.74, 6) is -0.823. The van der Waals surface area contributed by atoms with Crippen LogP contribution in [0.5, 0.6) is 0 Å². The summed E-state index contributed by atoms with van der Waals surface area (Å²) in [6, 6.07) is 11.0. The van der Waals surface area contributed by atoms with Crippen molar-refractivity contribution in [1.82, 2.24) is 4.90 Å². The van der Waals surface area contributed by atoms with Crippen LogP contribution in [0.25, 0.3) is 0 Å². The topological polar surface area (TPSA) is 49.4 Å². The summed E-state index contributed by atoms with van der Waals surface area (Å²) in [4.78, 5) is 25.7. The smallest absolute Gasteiger partial charge is 0.244 e. The first-order valence-electron chi connectivity index (χ1n) is 7.07. The number of amides is 2. The second-order valence-electron chi connectivity index (χ2n) is 5.38. The predicted octanol–water partition coefficient (Wildman–Crippen LogP) is 3.48. The zero-order valence-corrected chi connectivity index (χ0v) is 13.9. The lowest BCUT2D eigenvalue weighted by molar-refractivity contribution is -0.134. The number of halogens is 2. The molecule has 1 N–H and O–H groups in total. The van der Waals surface area contributed by atoms with Crippen molar-refractivity contribution in [2.24, 2.45) is 0 Å². The number of carbonyl (C=O) groups excluding carboxylic acids is 2. The van der Waals surface area contributed by atoms with Gasteiger partial charge in [-0.15, -0.1) is 0 Å². The van der Waals surface area contributed by atoms with E-state index in [-0.39, 0.29) is 24.2 Å². The zero-order valence-electron chi connectivity index (χ0n) is 12.3. The summed E-state index contributed by atoms with van der Waals surface area (Å²) in [6.45, 7) is 1.37. The lowest BCUT2D eigenvalue weighted by Crippen LogP contribution is -2.37. The highest BCUT2D eigenvalue weighted by atomic mass is 79.9. The number of nitrogens with zero attached hydrogens (tertiary/aromatic N) is 1. The molecule has 0 spiro atoms. The molecule has 0 bridgehead atoms. The van der Waals surface area contributed by atoms with Crippen LogP contribution >= 0.6 is 15.9 Å². The van der Waals surface area contributed by atoms with Gasteiger partial charge in [0.2, 0.25) is 11.8 Å². The van der Waals surface area contributed by atoms with E-state index in [4.69, 9.17) is 0 Å². The third-order valence-electron chi connectivity index (χ3n) is 3.80. The fraction of sp³-hybridized carbons (Fsp3) is 0.176. The van der Waals surface area contributed by atoms with E-state index in [0.717, 1.165) is 15.6 Å². The van der Waals surface area contributed by atoms with Crippen LogP contribution in [0.2, 0.25) is 0 Å². The van der Waals surface area contributed by atoms with E-state index in [1.807, 2.05) is 12.1 Å². The Morgan fingerprint density at radius 2 is 1.96 bits per heavy atom. The molecule has 3 rings (SSSR count). The molecule has 0 saturated heterocycles. The molecule has 1 unspecified atom stereocenters. The summed E-state index contributed by atoms with van der Waals surface area (Å²) in [5, 5.41) is 2.82. The van der Waals surface area contributed by atoms with E-state index in [9.17, 15) is 14.0 Å². The molecule has 23 heavy (non-hydrogen) atoms. The molecule has 2 amide bonds. The second kappa shape index (κ2) is 6.12. The Morgan fingerprint density at radius 3 is 2.61 bits per heavy atom. The molecule has 2 aromatic rings. The Bertz CT molecular complexity index is 777. The molecule has 1 aliphatic rings. The van der Waals surface area contributed by atoms with Gasteiger partial charge >= 0.3 is 0 Å². The van der Waals surface area contributed by atoms with E-state index in [2.05, 4.69) is 21.2 Å². The van der Waals surface area contributed by atoms with Gasteiger partial charge in [-0.3, -0.25) is 9.59 Å². The Morgan fingerprint density at radius 1 is 1.26 bits per heavy atom.